The summed E-state index contributed by atoms with van der Waals surface area (Å²) in [5.41, 5.74) is -0.462. The second kappa shape index (κ2) is 10.3. The van der Waals surface area contributed by atoms with E-state index >= 15 is 0 Å². The van der Waals surface area contributed by atoms with Gasteiger partial charge in [-0.3, -0.25) is 0 Å². The molecule has 0 aliphatic rings. The third-order valence-corrected chi connectivity index (χ3v) is 5.09. The number of halogens is 3. The minimum Gasteiger partial charge on any atom is -0.394 e. The Labute approximate surface area is 179 Å². The predicted molar refractivity (Wildman–Crippen MR) is 109 cm³/mol. The highest BCUT2D eigenvalue weighted by atomic mass is 32.2. The summed E-state index contributed by atoms with van der Waals surface area (Å²) in [7, 11) is -3.96. The normalized spacial score (nSPS) is 14.0. The minimum atomic E-state index is -3.96. The number of sulfonamides is 1. The maximum absolute atomic E-state index is 14.1. The molecule has 0 saturated carbocycles. The van der Waals surface area contributed by atoms with Crippen LogP contribution in [0.2, 0.25) is 0 Å². The molecule has 0 fully saturated rings. The van der Waals surface area contributed by atoms with Crippen LogP contribution in [0.15, 0.2) is 12.1 Å². The van der Waals surface area contributed by atoms with E-state index in [4.69, 9.17) is 5.14 Å². The van der Waals surface area contributed by atoms with E-state index in [1.165, 1.54) is 6.92 Å². The molecule has 31 heavy (non-hydrogen) atoms. The van der Waals surface area contributed by atoms with E-state index in [0.717, 1.165) is 6.07 Å². The largest absolute Gasteiger partial charge is 0.394 e. The van der Waals surface area contributed by atoms with Crippen LogP contribution in [-0.4, -0.2) is 41.1 Å². The smallest absolute Gasteiger partial charge is 0.226 e. The second-order valence-corrected chi connectivity index (χ2v) is 9.43. The lowest BCUT2D eigenvalue weighted by molar-refractivity contribution is 0.259. The zero-order valence-electron chi connectivity index (χ0n) is 17.4. The first-order valence-corrected chi connectivity index (χ1v) is 11.4. The SMILES string of the molecule is CC(C)C[C@H](CO)Nc1nc(C[C@H](C)c2c(F)ccc(F)c2F)nc(CS(N)(=O)=O)n1. The molecular weight excluding hydrogens is 435 g/mol. The number of aliphatic hydroxyl groups excluding tert-OH is 1. The number of hydrogen-bond donors (Lipinski definition) is 3. The number of primary sulfonamides is 1. The van der Waals surface area contributed by atoms with E-state index in [-0.39, 0.29) is 36.5 Å². The summed E-state index contributed by atoms with van der Waals surface area (Å²) in [4.78, 5) is 12.3. The second-order valence-electron chi connectivity index (χ2n) is 7.81. The number of aromatic nitrogens is 3. The van der Waals surface area contributed by atoms with Gasteiger partial charge in [-0.05, 0) is 30.4 Å². The van der Waals surface area contributed by atoms with Crippen LogP contribution in [0.4, 0.5) is 19.1 Å². The highest BCUT2D eigenvalue weighted by molar-refractivity contribution is 7.88. The highest BCUT2D eigenvalue weighted by Gasteiger charge is 2.22. The average molecular weight is 462 g/mol. The van der Waals surface area contributed by atoms with Gasteiger partial charge in [-0.15, -0.1) is 0 Å². The van der Waals surface area contributed by atoms with Gasteiger partial charge in [-0.2, -0.15) is 9.97 Å². The first kappa shape index (κ1) is 25.0. The van der Waals surface area contributed by atoms with Crippen LogP contribution < -0.4 is 10.5 Å². The summed E-state index contributed by atoms with van der Waals surface area (Å²) in [6.07, 6.45) is 0.457. The van der Waals surface area contributed by atoms with Gasteiger partial charge in [0.2, 0.25) is 16.0 Å². The Bertz CT molecular complexity index is 1020. The maximum Gasteiger partial charge on any atom is 0.226 e. The molecule has 4 N–H and O–H groups in total. The van der Waals surface area contributed by atoms with Crippen molar-refractivity contribution >= 4 is 16.0 Å². The van der Waals surface area contributed by atoms with Crippen molar-refractivity contribution in [3.63, 3.8) is 0 Å². The lowest BCUT2D eigenvalue weighted by Gasteiger charge is -2.19. The average Bonchev–Trinajstić information content (AvgIpc) is 2.62. The van der Waals surface area contributed by atoms with Crippen molar-refractivity contribution in [1.82, 2.24) is 15.0 Å². The fourth-order valence-electron chi connectivity index (χ4n) is 3.17. The van der Waals surface area contributed by atoms with Crippen molar-refractivity contribution in [3.05, 3.63) is 46.8 Å². The molecule has 0 aliphatic carbocycles. The maximum atomic E-state index is 14.1. The number of benzene rings is 1. The van der Waals surface area contributed by atoms with Crippen LogP contribution in [-0.2, 0) is 22.2 Å². The van der Waals surface area contributed by atoms with Crippen molar-refractivity contribution < 1.29 is 26.7 Å². The fourth-order valence-corrected chi connectivity index (χ4v) is 3.66. The Kier molecular flexibility index (Phi) is 8.32. The molecule has 172 valence electrons. The van der Waals surface area contributed by atoms with Crippen molar-refractivity contribution in [2.24, 2.45) is 11.1 Å². The molecule has 12 heteroatoms. The van der Waals surface area contributed by atoms with Crippen molar-refractivity contribution in [2.75, 3.05) is 11.9 Å². The standard InChI is InChI=1S/C19H26F3N5O3S/c1-10(2)6-12(8-28)24-19-26-15(25-16(27-19)9-31(23,29)30)7-11(3)17-13(20)4-5-14(21)18(17)22/h4-5,10-12,28H,6-9H2,1-3H3,(H2,23,29,30)(H,24,25,26,27)/t11-,12+/m0/s1. The van der Waals surface area contributed by atoms with Gasteiger partial charge in [0.15, 0.2) is 17.5 Å². The number of nitrogens with one attached hydrogen (secondary N) is 1. The van der Waals surface area contributed by atoms with Crippen LogP contribution in [0.5, 0.6) is 0 Å². The lowest BCUT2D eigenvalue weighted by Crippen LogP contribution is -2.28. The first-order chi connectivity index (χ1) is 14.4. The van der Waals surface area contributed by atoms with Crippen molar-refractivity contribution in [3.8, 4) is 0 Å². The van der Waals surface area contributed by atoms with Gasteiger partial charge in [-0.1, -0.05) is 20.8 Å². The summed E-state index contributed by atoms with van der Waals surface area (Å²) in [5, 5.41) is 17.6. The molecule has 0 amide bonds. The first-order valence-electron chi connectivity index (χ1n) is 9.64. The molecule has 8 nitrogen and oxygen atoms in total. The zero-order chi connectivity index (χ0) is 23.3. The van der Waals surface area contributed by atoms with Gasteiger partial charge in [0.25, 0.3) is 0 Å². The molecule has 0 saturated heterocycles. The van der Waals surface area contributed by atoms with E-state index in [1.807, 2.05) is 13.8 Å². The highest BCUT2D eigenvalue weighted by Crippen LogP contribution is 2.27. The van der Waals surface area contributed by atoms with Crippen molar-refractivity contribution in [1.29, 1.82) is 0 Å². The third kappa shape index (κ3) is 7.40. The van der Waals surface area contributed by atoms with Crippen LogP contribution >= 0.6 is 0 Å². The van der Waals surface area contributed by atoms with Gasteiger partial charge in [0, 0.05) is 12.0 Å². The van der Waals surface area contributed by atoms with E-state index in [0.29, 0.717) is 12.5 Å². The monoisotopic (exact) mass is 461 g/mol. The van der Waals surface area contributed by atoms with Gasteiger partial charge in [0.05, 0.1) is 12.6 Å². The van der Waals surface area contributed by atoms with Crippen LogP contribution in [0.1, 0.15) is 50.3 Å². The topological polar surface area (TPSA) is 131 Å². The molecule has 1 aromatic carbocycles. The Morgan fingerprint density at radius 2 is 1.68 bits per heavy atom. The van der Waals surface area contributed by atoms with E-state index in [9.17, 15) is 26.7 Å². The number of nitrogens with zero attached hydrogens (tertiary/aromatic N) is 3. The molecule has 0 radical (unpaired) electrons. The van der Waals surface area contributed by atoms with E-state index in [2.05, 4.69) is 20.3 Å². The zero-order valence-corrected chi connectivity index (χ0v) is 18.3. The van der Waals surface area contributed by atoms with Crippen LogP contribution in [0, 0.1) is 23.4 Å². The van der Waals surface area contributed by atoms with Crippen molar-refractivity contribution in [2.45, 2.75) is 51.3 Å². The Balaban J connectivity index is 2.39. The van der Waals surface area contributed by atoms with E-state index in [1.54, 1.807) is 0 Å². The number of anilines is 1. The molecule has 1 heterocycles. The fraction of sp³-hybridized carbons (Fsp3) is 0.526. The Morgan fingerprint density at radius 1 is 1.06 bits per heavy atom. The van der Waals surface area contributed by atoms with Gasteiger partial charge in [0.1, 0.15) is 17.4 Å². The lowest BCUT2D eigenvalue weighted by atomic mass is 9.96. The molecule has 2 atom stereocenters. The summed E-state index contributed by atoms with van der Waals surface area (Å²) < 4.78 is 64.8. The number of hydrogen-bond acceptors (Lipinski definition) is 7. The molecule has 0 bridgehead atoms. The quantitative estimate of drug-likeness (QED) is 0.463. The predicted octanol–water partition coefficient (Wildman–Crippen LogP) is 2.24. The Morgan fingerprint density at radius 3 is 2.26 bits per heavy atom. The molecule has 0 unspecified atom stereocenters. The van der Waals surface area contributed by atoms with Crippen LogP contribution in [0.3, 0.4) is 0 Å². The molecule has 2 rings (SSSR count). The number of rotatable bonds is 10. The number of nitrogens with two attached hydrogens (primary N) is 1. The Hall–Kier alpha value is -2.31. The molecule has 0 aliphatic heterocycles. The van der Waals surface area contributed by atoms with Gasteiger partial charge < -0.3 is 10.4 Å². The third-order valence-electron chi connectivity index (χ3n) is 4.43. The minimum absolute atomic E-state index is 0.00395. The summed E-state index contributed by atoms with van der Waals surface area (Å²) in [6.45, 7) is 5.16. The summed E-state index contributed by atoms with van der Waals surface area (Å²) >= 11 is 0. The van der Waals surface area contributed by atoms with Gasteiger partial charge >= 0.3 is 0 Å². The number of aliphatic hydroxyl groups is 1. The summed E-state index contributed by atoms with van der Waals surface area (Å²) in [6, 6.07) is 1.11. The summed E-state index contributed by atoms with van der Waals surface area (Å²) in [5.74, 6) is -4.83. The van der Waals surface area contributed by atoms with E-state index < -0.39 is 50.8 Å². The molecule has 0 spiro atoms. The molecule has 2 aromatic rings. The van der Waals surface area contributed by atoms with Gasteiger partial charge in [-0.25, -0.2) is 31.7 Å². The molecule has 1 aromatic heterocycles. The molecular formula is C19H26F3N5O3S. The van der Waals surface area contributed by atoms with Crippen LogP contribution in [0.25, 0.3) is 0 Å².